The molecule has 3 rings (SSSR count). The second kappa shape index (κ2) is 6.81. The molecular formula is C18H23FN2O2. The first-order chi connectivity index (χ1) is 11.0. The molecular weight excluding hydrogens is 295 g/mol. The molecule has 0 aliphatic carbocycles. The minimum absolute atomic E-state index is 0.0628. The summed E-state index contributed by atoms with van der Waals surface area (Å²) in [6, 6.07) is 8.43. The number of aliphatic hydroxyl groups is 1. The number of nitrogens with zero attached hydrogens (tertiary/aromatic N) is 2. The molecule has 1 fully saturated rings. The summed E-state index contributed by atoms with van der Waals surface area (Å²) >= 11 is 0. The van der Waals surface area contributed by atoms with Crippen LogP contribution < -0.4 is 0 Å². The van der Waals surface area contributed by atoms with Crippen LogP contribution in [-0.2, 0) is 6.54 Å². The van der Waals surface area contributed by atoms with Crippen molar-refractivity contribution in [2.24, 2.45) is 0 Å². The second-order valence-corrected chi connectivity index (χ2v) is 6.62. The largest absolute Gasteiger partial charge is 0.391 e. The number of piperidine rings is 1. The SMILES string of the molecule is CC(C)c1cc(CN2CC[C@H](c3ccc(F)cc3)[C@@H](O)C2)on1. The van der Waals surface area contributed by atoms with Gasteiger partial charge >= 0.3 is 0 Å². The van der Waals surface area contributed by atoms with E-state index in [9.17, 15) is 9.50 Å². The van der Waals surface area contributed by atoms with Gasteiger partial charge in [0.25, 0.3) is 0 Å². The van der Waals surface area contributed by atoms with Gasteiger partial charge in [-0.1, -0.05) is 31.1 Å². The van der Waals surface area contributed by atoms with E-state index < -0.39 is 6.10 Å². The standard InChI is InChI=1S/C18H23FN2O2/c1-12(2)17-9-15(23-20-17)10-21-8-7-16(18(22)11-21)13-3-5-14(19)6-4-13/h3-6,9,12,16,18,22H,7-8,10-11H2,1-2H3/t16-,18+/m1/s1. The van der Waals surface area contributed by atoms with Gasteiger partial charge in [-0.25, -0.2) is 4.39 Å². The van der Waals surface area contributed by atoms with Crippen LogP contribution in [0.4, 0.5) is 4.39 Å². The average molecular weight is 318 g/mol. The third kappa shape index (κ3) is 3.79. The maximum absolute atomic E-state index is 13.0. The summed E-state index contributed by atoms with van der Waals surface area (Å²) < 4.78 is 18.4. The normalized spacial score (nSPS) is 22.7. The van der Waals surface area contributed by atoms with Crippen LogP contribution in [0.1, 0.15) is 49.1 Å². The molecule has 1 saturated heterocycles. The number of likely N-dealkylation sites (tertiary alicyclic amines) is 1. The molecule has 2 heterocycles. The number of aliphatic hydroxyl groups excluding tert-OH is 1. The summed E-state index contributed by atoms with van der Waals surface area (Å²) in [4.78, 5) is 2.18. The minimum Gasteiger partial charge on any atom is -0.391 e. The van der Waals surface area contributed by atoms with Gasteiger partial charge in [-0.2, -0.15) is 0 Å². The van der Waals surface area contributed by atoms with E-state index >= 15 is 0 Å². The van der Waals surface area contributed by atoms with Gasteiger partial charge in [-0.3, -0.25) is 4.90 Å². The zero-order valence-corrected chi connectivity index (χ0v) is 13.6. The lowest BCUT2D eigenvalue weighted by atomic mass is 9.87. The van der Waals surface area contributed by atoms with Crippen LogP contribution in [0.3, 0.4) is 0 Å². The van der Waals surface area contributed by atoms with Crippen LogP contribution in [0.15, 0.2) is 34.9 Å². The Kier molecular flexibility index (Phi) is 4.78. The Bertz CT molecular complexity index is 639. The summed E-state index contributed by atoms with van der Waals surface area (Å²) in [6.45, 7) is 6.28. The van der Waals surface area contributed by atoms with Crippen LogP contribution in [-0.4, -0.2) is 34.4 Å². The monoisotopic (exact) mass is 318 g/mol. The third-order valence-corrected chi connectivity index (χ3v) is 4.51. The van der Waals surface area contributed by atoms with Crippen molar-refractivity contribution in [3.05, 3.63) is 53.2 Å². The summed E-state index contributed by atoms with van der Waals surface area (Å²) in [7, 11) is 0. The fourth-order valence-corrected chi connectivity index (χ4v) is 3.14. The number of rotatable bonds is 4. The zero-order chi connectivity index (χ0) is 16.4. The van der Waals surface area contributed by atoms with Gasteiger partial charge in [0.2, 0.25) is 0 Å². The molecule has 0 saturated carbocycles. The highest BCUT2D eigenvalue weighted by Gasteiger charge is 2.29. The van der Waals surface area contributed by atoms with Crippen molar-refractivity contribution in [2.75, 3.05) is 13.1 Å². The van der Waals surface area contributed by atoms with Gasteiger partial charge in [0.05, 0.1) is 18.3 Å². The van der Waals surface area contributed by atoms with Gasteiger partial charge < -0.3 is 9.63 Å². The van der Waals surface area contributed by atoms with E-state index in [1.54, 1.807) is 12.1 Å². The summed E-state index contributed by atoms with van der Waals surface area (Å²) in [5.74, 6) is 1.00. The highest BCUT2D eigenvalue weighted by Crippen LogP contribution is 2.29. The molecule has 0 spiro atoms. The summed E-state index contributed by atoms with van der Waals surface area (Å²) in [6.07, 6.45) is 0.388. The van der Waals surface area contributed by atoms with E-state index in [2.05, 4.69) is 23.9 Å². The highest BCUT2D eigenvalue weighted by atomic mass is 19.1. The highest BCUT2D eigenvalue weighted by molar-refractivity contribution is 5.22. The molecule has 0 radical (unpaired) electrons. The summed E-state index contributed by atoms with van der Waals surface area (Å²) in [5, 5.41) is 14.5. The lowest BCUT2D eigenvalue weighted by molar-refractivity contribution is 0.0437. The molecule has 23 heavy (non-hydrogen) atoms. The van der Waals surface area contributed by atoms with Gasteiger partial charge in [-0.05, 0) is 36.6 Å². The molecule has 0 unspecified atom stereocenters. The van der Waals surface area contributed by atoms with Crippen molar-refractivity contribution in [2.45, 2.75) is 44.8 Å². The van der Waals surface area contributed by atoms with Gasteiger partial charge in [0, 0.05) is 18.5 Å². The van der Waals surface area contributed by atoms with E-state index in [0.29, 0.717) is 19.0 Å². The Morgan fingerprint density at radius 1 is 1.35 bits per heavy atom. The minimum atomic E-state index is -0.457. The zero-order valence-electron chi connectivity index (χ0n) is 13.6. The van der Waals surface area contributed by atoms with Crippen LogP contribution in [0.25, 0.3) is 0 Å². The number of β-amino-alcohol motifs (C(OH)–C–C–N with tert-alkyl or cyclic N) is 1. The quantitative estimate of drug-likeness (QED) is 0.940. The molecule has 2 aromatic rings. The molecule has 1 aromatic carbocycles. The lowest BCUT2D eigenvalue weighted by Crippen LogP contribution is -2.42. The van der Waals surface area contributed by atoms with E-state index in [4.69, 9.17) is 4.52 Å². The second-order valence-electron chi connectivity index (χ2n) is 6.62. The Balaban J connectivity index is 1.60. The maximum atomic E-state index is 13.0. The molecule has 0 amide bonds. The van der Waals surface area contributed by atoms with Crippen LogP contribution in [0.5, 0.6) is 0 Å². The van der Waals surface area contributed by atoms with Crippen molar-refractivity contribution in [1.82, 2.24) is 10.1 Å². The molecule has 1 N–H and O–H groups in total. The van der Waals surface area contributed by atoms with Crippen molar-refractivity contribution in [3.63, 3.8) is 0 Å². The lowest BCUT2D eigenvalue weighted by Gasteiger charge is -2.35. The molecule has 1 aliphatic rings. The average Bonchev–Trinajstić information content (AvgIpc) is 2.97. The first-order valence-electron chi connectivity index (χ1n) is 8.14. The third-order valence-electron chi connectivity index (χ3n) is 4.51. The molecule has 2 atom stereocenters. The smallest absolute Gasteiger partial charge is 0.150 e. The maximum Gasteiger partial charge on any atom is 0.150 e. The van der Waals surface area contributed by atoms with E-state index in [0.717, 1.165) is 30.0 Å². The predicted molar refractivity (Wildman–Crippen MR) is 85.6 cm³/mol. The Morgan fingerprint density at radius 3 is 2.70 bits per heavy atom. The van der Waals surface area contributed by atoms with Crippen LogP contribution in [0, 0.1) is 5.82 Å². The van der Waals surface area contributed by atoms with Gasteiger partial charge in [-0.15, -0.1) is 0 Å². The number of benzene rings is 1. The predicted octanol–water partition coefficient (Wildman–Crippen LogP) is 3.29. The molecule has 124 valence electrons. The Hall–Kier alpha value is -1.72. The van der Waals surface area contributed by atoms with Gasteiger partial charge in [0.1, 0.15) is 5.82 Å². The van der Waals surface area contributed by atoms with E-state index in [1.807, 2.05) is 6.07 Å². The summed E-state index contributed by atoms with van der Waals surface area (Å²) in [5.41, 5.74) is 1.96. The molecule has 0 bridgehead atoms. The Morgan fingerprint density at radius 2 is 2.09 bits per heavy atom. The number of aromatic nitrogens is 1. The number of hydrogen-bond donors (Lipinski definition) is 1. The van der Waals surface area contributed by atoms with Crippen LogP contribution >= 0.6 is 0 Å². The molecule has 1 aromatic heterocycles. The van der Waals surface area contributed by atoms with Crippen LogP contribution in [0.2, 0.25) is 0 Å². The molecule has 4 nitrogen and oxygen atoms in total. The van der Waals surface area contributed by atoms with Crippen molar-refractivity contribution in [3.8, 4) is 0 Å². The van der Waals surface area contributed by atoms with E-state index in [-0.39, 0.29) is 11.7 Å². The first-order valence-corrected chi connectivity index (χ1v) is 8.14. The molecule has 5 heteroatoms. The number of halogens is 1. The van der Waals surface area contributed by atoms with Crippen molar-refractivity contribution in [1.29, 1.82) is 0 Å². The fraction of sp³-hybridized carbons (Fsp3) is 0.500. The van der Waals surface area contributed by atoms with Crippen molar-refractivity contribution < 1.29 is 14.0 Å². The van der Waals surface area contributed by atoms with Gasteiger partial charge in [0.15, 0.2) is 5.76 Å². The Labute approximate surface area is 135 Å². The molecule has 1 aliphatic heterocycles. The first kappa shape index (κ1) is 16.1. The van der Waals surface area contributed by atoms with E-state index in [1.165, 1.54) is 12.1 Å². The number of hydrogen-bond acceptors (Lipinski definition) is 4. The van der Waals surface area contributed by atoms with Crippen molar-refractivity contribution >= 4 is 0 Å². The fourth-order valence-electron chi connectivity index (χ4n) is 3.14. The topological polar surface area (TPSA) is 49.5 Å².